The molecule has 0 saturated carbocycles. The third kappa shape index (κ3) is 2.43. The van der Waals surface area contributed by atoms with Crippen LogP contribution in [0.2, 0.25) is 0 Å². The van der Waals surface area contributed by atoms with Crippen LogP contribution in [-0.4, -0.2) is 26.5 Å². The van der Waals surface area contributed by atoms with Crippen molar-refractivity contribution in [2.45, 2.75) is 19.6 Å². The topological polar surface area (TPSA) is 83.6 Å². The van der Waals surface area contributed by atoms with E-state index in [1.807, 2.05) is 0 Å². The maximum atomic E-state index is 13.4. The van der Waals surface area contributed by atoms with E-state index in [9.17, 15) is 18.0 Å². The number of benzene rings is 2. The van der Waals surface area contributed by atoms with Crippen LogP contribution < -0.4 is 5.32 Å². The van der Waals surface area contributed by atoms with Crippen LogP contribution in [0, 0.1) is 6.92 Å². The summed E-state index contributed by atoms with van der Waals surface area (Å²) in [4.78, 5) is 11.9. The summed E-state index contributed by atoms with van der Waals surface area (Å²) in [6.45, 7) is 1.70. The van der Waals surface area contributed by atoms with Crippen LogP contribution in [0.5, 0.6) is 0 Å². The summed E-state index contributed by atoms with van der Waals surface area (Å²) in [6, 6.07) is 7.58. The molecular formula is C17H12F3N5O. The van der Waals surface area contributed by atoms with E-state index in [4.69, 9.17) is 0 Å². The highest BCUT2D eigenvalue weighted by Gasteiger charge is 2.35. The number of amides is 1. The van der Waals surface area contributed by atoms with Gasteiger partial charge >= 0.3 is 6.18 Å². The molecule has 2 N–H and O–H groups in total. The Labute approximate surface area is 145 Å². The summed E-state index contributed by atoms with van der Waals surface area (Å²) in [5.41, 5.74) is 1.92. The number of H-pyrrole nitrogens is 1. The molecule has 4 rings (SSSR count). The highest BCUT2D eigenvalue weighted by atomic mass is 19.4. The zero-order valence-electron chi connectivity index (χ0n) is 13.5. The quantitative estimate of drug-likeness (QED) is 0.736. The number of carbonyl (C=O) groups is 1. The molecule has 0 bridgehead atoms. The second kappa shape index (κ2) is 5.65. The Morgan fingerprint density at radius 1 is 1.08 bits per heavy atom. The molecule has 6 nitrogen and oxygen atoms in total. The number of hydrogen-bond acceptors (Lipinski definition) is 4. The minimum absolute atomic E-state index is 0.00582. The van der Waals surface area contributed by atoms with Gasteiger partial charge in [-0.25, -0.2) is 0 Å². The second-order valence-corrected chi connectivity index (χ2v) is 5.91. The van der Waals surface area contributed by atoms with Gasteiger partial charge in [-0.15, -0.1) is 10.2 Å². The SMILES string of the molecule is Cc1c(C(F)(F)F)ccc(-c2cccc3c2CNC3=O)c1-c1nn[nH]n1. The molecule has 1 aliphatic rings. The number of fused-ring (bicyclic) bond motifs is 1. The molecule has 1 amide bonds. The van der Waals surface area contributed by atoms with Gasteiger partial charge in [-0.3, -0.25) is 4.79 Å². The number of alkyl halides is 3. The third-order valence-corrected chi connectivity index (χ3v) is 4.48. The number of halogens is 3. The summed E-state index contributed by atoms with van der Waals surface area (Å²) in [7, 11) is 0. The Kier molecular flexibility index (Phi) is 3.53. The Morgan fingerprint density at radius 3 is 2.54 bits per heavy atom. The van der Waals surface area contributed by atoms with Crippen molar-refractivity contribution in [3.05, 3.63) is 52.6 Å². The number of nitrogens with one attached hydrogen (secondary N) is 2. The summed E-state index contributed by atoms with van der Waals surface area (Å²) >= 11 is 0. The van der Waals surface area contributed by atoms with Gasteiger partial charge in [0, 0.05) is 17.7 Å². The normalized spacial score (nSPS) is 13.6. The van der Waals surface area contributed by atoms with Gasteiger partial charge in [0.05, 0.1) is 5.56 Å². The second-order valence-electron chi connectivity index (χ2n) is 5.91. The molecule has 0 radical (unpaired) electrons. The first-order valence-electron chi connectivity index (χ1n) is 7.73. The molecule has 0 fully saturated rings. The van der Waals surface area contributed by atoms with Crippen molar-refractivity contribution in [2.24, 2.45) is 0 Å². The molecule has 132 valence electrons. The van der Waals surface area contributed by atoms with Crippen molar-refractivity contribution in [3.63, 3.8) is 0 Å². The Hall–Kier alpha value is -3.23. The van der Waals surface area contributed by atoms with E-state index in [2.05, 4.69) is 25.9 Å². The van der Waals surface area contributed by atoms with Gasteiger partial charge in [0.25, 0.3) is 5.91 Å². The number of tetrazole rings is 1. The smallest absolute Gasteiger partial charge is 0.348 e. The van der Waals surface area contributed by atoms with Crippen molar-refractivity contribution in [3.8, 4) is 22.5 Å². The fourth-order valence-electron chi connectivity index (χ4n) is 3.31. The lowest BCUT2D eigenvalue weighted by molar-refractivity contribution is -0.138. The van der Waals surface area contributed by atoms with E-state index in [-0.39, 0.29) is 22.9 Å². The highest BCUT2D eigenvalue weighted by Crippen LogP contribution is 2.42. The van der Waals surface area contributed by atoms with Crippen molar-refractivity contribution in [2.75, 3.05) is 0 Å². The molecular weight excluding hydrogens is 347 g/mol. The van der Waals surface area contributed by atoms with E-state index < -0.39 is 11.7 Å². The maximum Gasteiger partial charge on any atom is 0.416 e. The van der Waals surface area contributed by atoms with Gasteiger partial charge in [-0.2, -0.15) is 18.4 Å². The lowest BCUT2D eigenvalue weighted by Gasteiger charge is -2.17. The first kappa shape index (κ1) is 16.2. The van der Waals surface area contributed by atoms with Crippen LogP contribution in [0.15, 0.2) is 30.3 Å². The van der Waals surface area contributed by atoms with E-state index in [1.165, 1.54) is 13.0 Å². The molecule has 0 aliphatic carbocycles. The van der Waals surface area contributed by atoms with Crippen LogP contribution in [-0.2, 0) is 12.7 Å². The molecule has 3 aromatic rings. The lowest BCUT2D eigenvalue weighted by Crippen LogP contribution is -2.12. The van der Waals surface area contributed by atoms with Crippen LogP contribution >= 0.6 is 0 Å². The van der Waals surface area contributed by atoms with Crippen molar-refractivity contribution in [1.82, 2.24) is 25.9 Å². The first-order valence-corrected chi connectivity index (χ1v) is 7.73. The number of nitrogens with zero attached hydrogens (tertiary/aromatic N) is 3. The molecule has 2 heterocycles. The van der Waals surface area contributed by atoms with Gasteiger partial charge in [0.1, 0.15) is 0 Å². The molecule has 2 aromatic carbocycles. The Morgan fingerprint density at radius 2 is 1.85 bits per heavy atom. The number of rotatable bonds is 2. The van der Waals surface area contributed by atoms with Crippen LogP contribution in [0.1, 0.15) is 27.0 Å². The van der Waals surface area contributed by atoms with Crippen LogP contribution in [0.3, 0.4) is 0 Å². The molecule has 1 aromatic heterocycles. The molecule has 26 heavy (non-hydrogen) atoms. The summed E-state index contributed by atoms with van der Waals surface area (Å²) in [6.07, 6.45) is -4.50. The van der Waals surface area contributed by atoms with Gasteiger partial charge in [0.15, 0.2) is 0 Å². The number of hydrogen-bond donors (Lipinski definition) is 2. The molecule has 0 unspecified atom stereocenters. The molecule has 0 spiro atoms. The van der Waals surface area contributed by atoms with Crippen LogP contribution in [0.25, 0.3) is 22.5 Å². The predicted molar refractivity (Wildman–Crippen MR) is 86.0 cm³/mol. The lowest BCUT2D eigenvalue weighted by atomic mass is 9.89. The monoisotopic (exact) mass is 359 g/mol. The maximum absolute atomic E-state index is 13.4. The van der Waals surface area contributed by atoms with Gasteiger partial charge in [-0.05, 0) is 46.5 Å². The fourth-order valence-corrected chi connectivity index (χ4v) is 3.31. The average Bonchev–Trinajstić information content (AvgIpc) is 3.23. The zero-order valence-corrected chi connectivity index (χ0v) is 13.5. The highest BCUT2D eigenvalue weighted by molar-refractivity contribution is 6.01. The molecule has 1 aliphatic heterocycles. The molecule has 0 atom stereocenters. The van der Waals surface area contributed by atoms with E-state index in [0.29, 0.717) is 23.2 Å². The van der Waals surface area contributed by atoms with Crippen molar-refractivity contribution in [1.29, 1.82) is 0 Å². The summed E-state index contributed by atoms with van der Waals surface area (Å²) < 4.78 is 40.1. The minimum atomic E-state index is -4.50. The van der Waals surface area contributed by atoms with E-state index in [1.54, 1.807) is 18.2 Å². The number of carbonyl (C=O) groups excluding carboxylic acids is 1. The van der Waals surface area contributed by atoms with Crippen molar-refractivity contribution >= 4 is 5.91 Å². The van der Waals surface area contributed by atoms with Gasteiger partial charge in [-0.1, -0.05) is 18.2 Å². The van der Waals surface area contributed by atoms with E-state index in [0.717, 1.165) is 11.6 Å². The Balaban J connectivity index is 2.02. The zero-order chi connectivity index (χ0) is 18.5. The molecule has 9 heteroatoms. The largest absolute Gasteiger partial charge is 0.416 e. The standard InChI is InChI=1S/C17H12F3N5O/c1-8-13(17(18,19)20)6-5-10(14(8)15-22-24-25-23-15)9-3-2-4-11-12(9)7-21-16(11)26/h2-6H,7H2,1H3,(H,21,26)(H,22,23,24,25). The Bertz CT molecular complexity index is 1010. The summed E-state index contributed by atoms with van der Waals surface area (Å²) in [5.74, 6) is -0.134. The fraction of sp³-hybridized carbons (Fsp3) is 0.176. The third-order valence-electron chi connectivity index (χ3n) is 4.48. The molecule has 0 saturated heterocycles. The van der Waals surface area contributed by atoms with Gasteiger partial charge < -0.3 is 5.32 Å². The first-order chi connectivity index (χ1) is 12.4. The van der Waals surface area contributed by atoms with E-state index >= 15 is 0 Å². The average molecular weight is 359 g/mol. The minimum Gasteiger partial charge on any atom is -0.348 e. The predicted octanol–water partition coefficient (Wildman–Crippen LogP) is 3.10. The summed E-state index contributed by atoms with van der Waals surface area (Å²) in [5, 5.41) is 16.2. The van der Waals surface area contributed by atoms with Crippen LogP contribution in [0.4, 0.5) is 13.2 Å². The van der Waals surface area contributed by atoms with Gasteiger partial charge in [0.2, 0.25) is 5.82 Å². The number of aromatic amines is 1. The van der Waals surface area contributed by atoms with Crippen molar-refractivity contribution < 1.29 is 18.0 Å². The number of aromatic nitrogens is 4.